The first-order chi connectivity index (χ1) is 7.88. The first kappa shape index (κ1) is 12.0. The Balaban J connectivity index is 1.83. The summed E-state index contributed by atoms with van der Waals surface area (Å²) in [5.74, 6) is 1.15. The molecule has 1 fully saturated rings. The smallest absolute Gasteiger partial charge is 0.0187 e. The third-order valence-electron chi connectivity index (χ3n) is 3.26. The predicted octanol–water partition coefficient (Wildman–Crippen LogP) is 3.71. The fraction of sp³-hybridized carbons (Fsp3) is 0.571. The summed E-state index contributed by atoms with van der Waals surface area (Å²) in [5, 5.41) is 0.898. The van der Waals surface area contributed by atoms with Crippen molar-refractivity contribution in [3.63, 3.8) is 0 Å². The van der Waals surface area contributed by atoms with Crippen LogP contribution in [0, 0.1) is 0 Å². The summed E-state index contributed by atoms with van der Waals surface area (Å²) in [6.07, 6.45) is 7.14. The van der Waals surface area contributed by atoms with Gasteiger partial charge in [0.05, 0.1) is 0 Å². The zero-order valence-electron chi connectivity index (χ0n) is 9.82. The van der Waals surface area contributed by atoms with E-state index in [1.807, 2.05) is 0 Å². The van der Waals surface area contributed by atoms with Crippen LogP contribution in [0.1, 0.15) is 43.2 Å². The summed E-state index contributed by atoms with van der Waals surface area (Å²) in [5.41, 5.74) is 8.33. The highest BCUT2D eigenvalue weighted by Crippen LogP contribution is 2.30. The van der Waals surface area contributed by atoms with E-state index in [4.69, 9.17) is 5.73 Å². The van der Waals surface area contributed by atoms with Crippen LogP contribution in [0.3, 0.4) is 0 Å². The molecule has 16 heavy (non-hydrogen) atoms. The second kappa shape index (κ2) is 6.31. The third-order valence-corrected chi connectivity index (χ3v) is 4.71. The molecule has 2 N–H and O–H groups in total. The highest BCUT2D eigenvalue weighted by molar-refractivity contribution is 7.99. The minimum Gasteiger partial charge on any atom is -0.326 e. The molecule has 0 amide bonds. The van der Waals surface area contributed by atoms with E-state index in [0.29, 0.717) is 6.54 Å². The maximum absolute atomic E-state index is 5.65. The largest absolute Gasteiger partial charge is 0.326 e. The van der Waals surface area contributed by atoms with E-state index >= 15 is 0 Å². The number of rotatable bonds is 4. The molecule has 1 saturated carbocycles. The Kier molecular flexibility index (Phi) is 4.73. The van der Waals surface area contributed by atoms with Crippen molar-refractivity contribution < 1.29 is 0 Å². The maximum atomic E-state index is 5.65. The lowest BCUT2D eigenvalue weighted by Crippen LogP contribution is -2.08. The van der Waals surface area contributed by atoms with Crippen molar-refractivity contribution >= 4 is 11.8 Å². The van der Waals surface area contributed by atoms with E-state index in [-0.39, 0.29) is 0 Å². The lowest BCUT2D eigenvalue weighted by Gasteiger charge is -2.20. The summed E-state index contributed by atoms with van der Waals surface area (Å²) >= 11 is 2.13. The van der Waals surface area contributed by atoms with Gasteiger partial charge < -0.3 is 5.73 Å². The predicted molar refractivity (Wildman–Crippen MR) is 72.5 cm³/mol. The molecular weight excluding hydrogens is 214 g/mol. The Hall–Kier alpha value is -0.470. The van der Waals surface area contributed by atoms with Crippen molar-refractivity contribution in [2.24, 2.45) is 5.73 Å². The van der Waals surface area contributed by atoms with E-state index in [2.05, 4.69) is 36.0 Å². The molecule has 0 radical (unpaired) electrons. The quantitative estimate of drug-likeness (QED) is 0.861. The van der Waals surface area contributed by atoms with Gasteiger partial charge in [-0.05, 0) is 24.0 Å². The van der Waals surface area contributed by atoms with Crippen LogP contribution in [0.2, 0.25) is 0 Å². The van der Waals surface area contributed by atoms with Gasteiger partial charge in [0.1, 0.15) is 0 Å². The summed E-state index contributed by atoms with van der Waals surface area (Å²) in [6.45, 7) is 0.655. The van der Waals surface area contributed by atoms with E-state index in [9.17, 15) is 0 Å². The molecule has 88 valence electrons. The van der Waals surface area contributed by atoms with Gasteiger partial charge >= 0.3 is 0 Å². The first-order valence-corrected chi connectivity index (χ1v) is 7.33. The van der Waals surface area contributed by atoms with Crippen molar-refractivity contribution in [1.29, 1.82) is 0 Å². The minimum absolute atomic E-state index is 0.655. The molecule has 0 spiro atoms. The molecule has 0 heterocycles. The molecule has 1 nitrogen and oxygen atoms in total. The second-order valence-corrected chi connectivity index (χ2v) is 5.88. The van der Waals surface area contributed by atoms with Gasteiger partial charge in [0.2, 0.25) is 0 Å². The van der Waals surface area contributed by atoms with Gasteiger partial charge in [-0.25, -0.2) is 0 Å². The number of thioether (sulfide) groups is 1. The van der Waals surface area contributed by atoms with Crippen molar-refractivity contribution in [2.45, 2.75) is 49.7 Å². The maximum Gasteiger partial charge on any atom is 0.0187 e. The number of hydrogen-bond donors (Lipinski definition) is 1. The number of hydrogen-bond acceptors (Lipinski definition) is 2. The average Bonchev–Trinajstić information content (AvgIpc) is 2.38. The Morgan fingerprint density at radius 1 is 1.12 bits per heavy atom. The fourth-order valence-corrected chi connectivity index (χ4v) is 3.57. The normalized spacial score (nSPS) is 17.6. The molecule has 2 rings (SSSR count). The summed E-state index contributed by atoms with van der Waals surface area (Å²) in [4.78, 5) is 0. The second-order valence-electron chi connectivity index (χ2n) is 4.60. The lowest BCUT2D eigenvalue weighted by atomic mass is 10.0. The molecule has 0 bridgehead atoms. The van der Waals surface area contributed by atoms with Crippen LogP contribution >= 0.6 is 11.8 Å². The van der Waals surface area contributed by atoms with Crippen LogP contribution in [0.25, 0.3) is 0 Å². The van der Waals surface area contributed by atoms with Crippen LogP contribution < -0.4 is 5.73 Å². The van der Waals surface area contributed by atoms with Crippen molar-refractivity contribution in [3.8, 4) is 0 Å². The standard InChI is InChI=1S/C14H21NS/c15-10-12-5-4-6-13(9-12)11-16-14-7-2-1-3-8-14/h4-6,9,14H,1-3,7-8,10-11,15H2. The Morgan fingerprint density at radius 3 is 2.62 bits per heavy atom. The van der Waals surface area contributed by atoms with Crippen LogP contribution in [-0.4, -0.2) is 5.25 Å². The van der Waals surface area contributed by atoms with Gasteiger partial charge in [-0.15, -0.1) is 0 Å². The van der Waals surface area contributed by atoms with Gasteiger partial charge in [-0.2, -0.15) is 11.8 Å². The van der Waals surface area contributed by atoms with Gasteiger partial charge in [0.15, 0.2) is 0 Å². The first-order valence-electron chi connectivity index (χ1n) is 6.28. The van der Waals surface area contributed by atoms with E-state index < -0.39 is 0 Å². The molecule has 0 unspecified atom stereocenters. The number of nitrogens with two attached hydrogens (primary N) is 1. The van der Waals surface area contributed by atoms with Crippen molar-refractivity contribution in [3.05, 3.63) is 35.4 Å². The summed E-state index contributed by atoms with van der Waals surface area (Å²) in [6, 6.07) is 8.69. The minimum atomic E-state index is 0.655. The Bertz CT molecular complexity index is 318. The fourth-order valence-electron chi connectivity index (χ4n) is 2.29. The molecule has 1 aliphatic carbocycles. The average molecular weight is 235 g/mol. The Labute approximate surface area is 103 Å². The van der Waals surface area contributed by atoms with Gasteiger partial charge in [0.25, 0.3) is 0 Å². The summed E-state index contributed by atoms with van der Waals surface area (Å²) < 4.78 is 0. The van der Waals surface area contributed by atoms with Gasteiger partial charge in [0, 0.05) is 17.5 Å². The van der Waals surface area contributed by atoms with E-state index in [1.54, 1.807) is 0 Å². The van der Waals surface area contributed by atoms with Crippen LogP contribution in [0.4, 0.5) is 0 Å². The van der Waals surface area contributed by atoms with Gasteiger partial charge in [-0.1, -0.05) is 43.5 Å². The van der Waals surface area contributed by atoms with E-state index in [1.165, 1.54) is 43.2 Å². The molecule has 0 aliphatic heterocycles. The topological polar surface area (TPSA) is 26.0 Å². The molecule has 1 aromatic carbocycles. The molecule has 0 saturated heterocycles. The zero-order chi connectivity index (χ0) is 11.2. The third kappa shape index (κ3) is 3.53. The monoisotopic (exact) mass is 235 g/mol. The van der Waals surface area contributed by atoms with Crippen molar-refractivity contribution in [2.75, 3.05) is 0 Å². The highest BCUT2D eigenvalue weighted by atomic mass is 32.2. The summed E-state index contributed by atoms with van der Waals surface area (Å²) in [7, 11) is 0. The molecular formula is C14H21NS. The number of benzene rings is 1. The molecule has 0 aromatic heterocycles. The van der Waals surface area contributed by atoms with Crippen LogP contribution in [0.5, 0.6) is 0 Å². The molecule has 0 atom stereocenters. The van der Waals surface area contributed by atoms with Gasteiger partial charge in [-0.3, -0.25) is 0 Å². The van der Waals surface area contributed by atoms with E-state index in [0.717, 1.165) is 11.0 Å². The lowest BCUT2D eigenvalue weighted by molar-refractivity contribution is 0.516. The zero-order valence-corrected chi connectivity index (χ0v) is 10.6. The Morgan fingerprint density at radius 2 is 1.88 bits per heavy atom. The molecule has 2 heteroatoms. The molecule has 1 aromatic rings. The van der Waals surface area contributed by atoms with Crippen LogP contribution in [-0.2, 0) is 12.3 Å². The SMILES string of the molecule is NCc1cccc(CSC2CCCCC2)c1. The highest BCUT2D eigenvalue weighted by Gasteiger charge is 2.13. The van der Waals surface area contributed by atoms with Crippen LogP contribution in [0.15, 0.2) is 24.3 Å². The molecule has 1 aliphatic rings. The van der Waals surface area contributed by atoms with Crippen molar-refractivity contribution in [1.82, 2.24) is 0 Å².